The molecule has 0 aliphatic carbocycles. The van der Waals surface area contributed by atoms with E-state index >= 15 is 0 Å². The molecule has 118 valence electrons. The van der Waals surface area contributed by atoms with Gasteiger partial charge in [-0.25, -0.2) is 9.78 Å². The number of hydrogen-bond acceptors (Lipinski definition) is 5. The highest BCUT2D eigenvalue weighted by atomic mass is 32.1. The summed E-state index contributed by atoms with van der Waals surface area (Å²) in [5.41, 5.74) is 2.38. The molecule has 0 unspecified atom stereocenters. The summed E-state index contributed by atoms with van der Waals surface area (Å²) in [6, 6.07) is 0. The van der Waals surface area contributed by atoms with E-state index in [9.17, 15) is 4.79 Å². The summed E-state index contributed by atoms with van der Waals surface area (Å²) in [7, 11) is 1.75. The fourth-order valence-corrected chi connectivity index (χ4v) is 3.29. The molecule has 0 bridgehead atoms. The summed E-state index contributed by atoms with van der Waals surface area (Å²) in [6.45, 7) is 7.72. The number of nitrogens with zero attached hydrogens (tertiary/aromatic N) is 2. The maximum atomic E-state index is 12.0. The summed E-state index contributed by atoms with van der Waals surface area (Å²) >= 11 is 1.68. The van der Waals surface area contributed by atoms with Crippen molar-refractivity contribution in [2.45, 2.75) is 51.7 Å². The quantitative estimate of drug-likeness (QED) is 0.858. The van der Waals surface area contributed by atoms with Gasteiger partial charge in [-0.2, -0.15) is 0 Å². The molecule has 5 nitrogen and oxygen atoms in total. The van der Waals surface area contributed by atoms with E-state index in [1.54, 1.807) is 23.3 Å². The molecule has 1 aliphatic rings. The maximum Gasteiger partial charge on any atom is 0.410 e. The van der Waals surface area contributed by atoms with Gasteiger partial charge in [0.2, 0.25) is 0 Å². The highest BCUT2D eigenvalue weighted by molar-refractivity contribution is 7.09. The van der Waals surface area contributed by atoms with Crippen LogP contribution in [0.4, 0.5) is 4.79 Å². The van der Waals surface area contributed by atoms with Crippen molar-refractivity contribution >= 4 is 17.4 Å². The molecule has 1 aromatic rings. The molecule has 0 radical (unpaired) electrons. The number of thiazole rings is 1. The lowest BCUT2D eigenvalue weighted by Gasteiger charge is -2.25. The lowest BCUT2D eigenvalue weighted by atomic mass is 9.97. The molecule has 1 saturated heterocycles. The first-order chi connectivity index (χ1) is 9.87. The van der Waals surface area contributed by atoms with Crippen molar-refractivity contribution in [2.24, 2.45) is 0 Å². The number of rotatable bonds is 3. The monoisotopic (exact) mass is 312 g/mol. The zero-order valence-corrected chi connectivity index (χ0v) is 14.0. The molecule has 6 heteroatoms. The Morgan fingerprint density at radius 2 is 2.14 bits per heavy atom. The lowest BCUT2D eigenvalue weighted by Crippen LogP contribution is -2.34. The van der Waals surface area contributed by atoms with Gasteiger partial charge in [-0.05, 0) is 39.5 Å². The molecule has 2 heterocycles. The molecular formula is C15H24N2O3S. The van der Waals surface area contributed by atoms with Gasteiger partial charge in [0.15, 0.2) is 0 Å². The second-order valence-corrected chi connectivity index (χ2v) is 7.27. The number of ether oxygens (including phenoxy) is 2. The first-order valence-corrected chi connectivity index (χ1v) is 8.19. The van der Waals surface area contributed by atoms with Gasteiger partial charge >= 0.3 is 6.09 Å². The van der Waals surface area contributed by atoms with E-state index in [2.05, 4.69) is 4.98 Å². The molecule has 0 aromatic carbocycles. The Bertz CT molecular complexity index is 476. The first kappa shape index (κ1) is 16.2. The van der Waals surface area contributed by atoms with Gasteiger partial charge in [0.25, 0.3) is 0 Å². The van der Waals surface area contributed by atoms with E-state index in [1.807, 2.05) is 26.3 Å². The van der Waals surface area contributed by atoms with Gasteiger partial charge in [0, 0.05) is 25.1 Å². The average molecular weight is 312 g/mol. The van der Waals surface area contributed by atoms with Crippen LogP contribution in [0, 0.1) is 0 Å². The molecule has 0 atom stereocenters. The van der Waals surface area contributed by atoms with Crippen LogP contribution in [0.25, 0.3) is 0 Å². The van der Waals surface area contributed by atoms with Crippen LogP contribution in [0.15, 0.2) is 5.51 Å². The van der Waals surface area contributed by atoms with Gasteiger partial charge in [-0.1, -0.05) is 0 Å². The van der Waals surface area contributed by atoms with E-state index in [1.165, 1.54) is 4.88 Å². The Kier molecular flexibility index (Phi) is 5.22. The molecule has 0 N–H and O–H groups in total. The minimum absolute atomic E-state index is 0.312. The molecule has 0 spiro atoms. The molecule has 0 saturated carbocycles. The largest absolute Gasteiger partial charge is 0.444 e. The van der Waals surface area contributed by atoms with Gasteiger partial charge < -0.3 is 14.4 Å². The number of hydrogen-bond donors (Lipinski definition) is 0. The van der Waals surface area contributed by atoms with Crippen LogP contribution in [0.5, 0.6) is 0 Å². The molecule has 1 aromatic heterocycles. The maximum absolute atomic E-state index is 12.0. The van der Waals surface area contributed by atoms with Crippen LogP contribution in [-0.2, 0) is 16.0 Å². The minimum Gasteiger partial charge on any atom is -0.444 e. The molecular weight excluding hydrogens is 288 g/mol. The molecule has 21 heavy (non-hydrogen) atoms. The predicted octanol–water partition coefficient (Wildman–Crippen LogP) is 3.40. The summed E-state index contributed by atoms with van der Waals surface area (Å²) in [4.78, 5) is 19.3. The van der Waals surface area contributed by atoms with E-state index in [0.717, 1.165) is 31.7 Å². The van der Waals surface area contributed by atoms with Crippen LogP contribution >= 0.6 is 11.3 Å². The number of amides is 1. The lowest BCUT2D eigenvalue weighted by molar-refractivity contribution is 0.0282. The van der Waals surface area contributed by atoms with E-state index in [0.29, 0.717) is 12.5 Å². The Labute approximate surface area is 130 Å². The fourth-order valence-electron chi connectivity index (χ4n) is 2.32. The number of carbonyl (C=O) groups is 1. The van der Waals surface area contributed by atoms with Crippen LogP contribution in [0.1, 0.15) is 50.1 Å². The van der Waals surface area contributed by atoms with E-state index in [-0.39, 0.29) is 6.09 Å². The van der Waals surface area contributed by atoms with Crippen molar-refractivity contribution in [3.05, 3.63) is 16.1 Å². The van der Waals surface area contributed by atoms with Crippen molar-refractivity contribution in [3.8, 4) is 0 Å². The Morgan fingerprint density at radius 1 is 1.48 bits per heavy atom. The Hall–Kier alpha value is -1.14. The fraction of sp³-hybridized carbons (Fsp3) is 0.733. The number of carbonyl (C=O) groups excluding carboxylic acids is 1. The van der Waals surface area contributed by atoms with Gasteiger partial charge in [0.05, 0.1) is 17.7 Å². The summed E-state index contributed by atoms with van der Waals surface area (Å²) in [5.74, 6) is 0.508. The van der Waals surface area contributed by atoms with Gasteiger partial charge in [-0.15, -0.1) is 11.3 Å². The standard InChI is InChI=1S/C15H24N2O3S/c1-15(2,3)20-14(18)17(4)9-12-13(21-10-16-12)11-5-7-19-8-6-11/h10-11H,5-9H2,1-4H3. The first-order valence-electron chi connectivity index (χ1n) is 7.31. The molecule has 1 aliphatic heterocycles. The van der Waals surface area contributed by atoms with Crippen molar-refractivity contribution in [1.82, 2.24) is 9.88 Å². The second kappa shape index (κ2) is 6.75. The van der Waals surface area contributed by atoms with Crippen LogP contribution in [0.2, 0.25) is 0 Å². The SMILES string of the molecule is CN(Cc1ncsc1C1CCOCC1)C(=O)OC(C)(C)C. The van der Waals surface area contributed by atoms with Crippen molar-refractivity contribution in [2.75, 3.05) is 20.3 Å². The van der Waals surface area contributed by atoms with Crippen molar-refractivity contribution < 1.29 is 14.3 Å². The normalized spacial score (nSPS) is 16.8. The third-order valence-electron chi connectivity index (χ3n) is 3.36. The topological polar surface area (TPSA) is 51.7 Å². The Balaban J connectivity index is 1.99. The molecule has 2 rings (SSSR count). The smallest absolute Gasteiger partial charge is 0.410 e. The van der Waals surface area contributed by atoms with Crippen molar-refractivity contribution in [3.63, 3.8) is 0 Å². The second-order valence-electron chi connectivity index (χ2n) is 6.39. The zero-order valence-electron chi connectivity index (χ0n) is 13.2. The van der Waals surface area contributed by atoms with Gasteiger partial charge in [0.1, 0.15) is 5.60 Å². The van der Waals surface area contributed by atoms with Crippen LogP contribution in [0.3, 0.4) is 0 Å². The summed E-state index contributed by atoms with van der Waals surface area (Å²) < 4.78 is 10.8. The number of aromatic nitrogens is 1. The third-order valence-corrected chi connectivity index (χ3v) is 4.39. The van der Waals surface area contributed by atoms with Crippen LogP contribution in [-0.4, -0.2) is 41.8 Å². The van der Waals surface area contributed by atoms with E-state index < -0.39 is 5.60 Å². The van der Waals surface area contributed by atoms with Crippen molar-refractivity contribution in [1.29, 1.82) is 0 Å². The van der Waals surface area contributed by atoms with Gasteiger partial charge in [-0.3, -0.25) is 0 Å². The van der Waals surface area contributed by atoms with Crippen LogP contribution < -0.4 is 0 Å². The summed E-state index contributed by atoms with van der Waals surface area (Å²) in [6.07, 6.45) is 1.75. The third kappa shape index (κ3) is 4.68. The summed E-state index contributed by atoms with van der Waals surface area (Å²) in [5, 5.41) is 0. The molecule has 1 fully saturated rings. The molecule has 1 amide bonds. The zero-order chi connectivity index (χ0) is 15.5. The minimum atomic E-state index is -0.475. The predicted molar refractivity (Wildman–Crippen MR) is 82.6 cm³/mol. The average Bonchev–Trinajstić information content (AvgIpc) is 2.86. The Morgan fingerprint density at radius 3 is 2.76 bits per heavy atom. The highest BCUT2D eigenvalue weighted by Gasteiger charge is 2.24. The highest BCUT2D eigenvalue weighted by Crippen LogP contribution is 2.32. The van der Waals surface area contributed by atoms with E-state index in [4.69, 9.17) is 9.47 Å².